The molecule has 110 valence electrons. The van der Waals surface area contributed by atoms with Crippen LogP contribution < -0.4 is 16.6 Å². The summed E-state index contributed by atoms with van der Waals surface area (Å²) in [6.45, 7) is 0. The van der Waals surface area contributed by atoms with E-state index in [1.165, 1.54) is 11.3 Å². The maximum Gasteiger partial charge on any atom is 0.331 e. The fourth-order valence-electron chi connectivity index (χ4n) is 1.71. The minimum Gasteiger partial charge on any atom is -0.479 e. The standard InChI is InChI=1S/C12H11N3O5S/c16-8(4-6-5-9(17)15-12(20)13-6)14-10(11(18)19)7-2-1-3-21-7/h1-3,5,10H,4H2,(H,14,16)(H,18,19)(H2,13,15,17,20). The lowest BCUT2D eigenvalue weighted by Crippen LogP contribution is -2.35. The summed E-state index contributed by atoms with van der Waals surface area (Å²) in [7, 11) is 0. The van der Waals surface area contributed by atoms with E-state index >= 15 is 0 Å². The molecule has 0 spiro atoms. The summed E-state index contributed by atoms with van der Waals surface area (Å²) < 4.78 is 0. The molecule has 0 aliphatic rings. The third-order valence-electron chi connectivity index (χ3n) is 2.55. The smallest absolute Gasteiger partial charge is 0.331 e. The van der Waals surface area contributed by atoms with Crippen LogP contribution in [0.25, 0.3) is 0 Å². The SMILES string of the molecule is O=C(Cc1cc(=O)[nH]c(=O)[nH]1)NC(C(=O)O)c1cccs1. The highest BCUT2D eigenvalue weighted by molar-refractivity contribution is 7.10. The topological polar surface area (TPSA) is 132 Å². The summed E-state index contributed by atoms with van der Waals surface area (Å²) in [5.41, 5.74) is -1.25. The highest BCUT2D eigenvalue weighted by Crippen LogP contribution is 2.19. The number of hydrogen-bond donors (Lipinski definition) is 4. The van der Waals surface area contributed by atoms with Crippen molar-refractivity contribution in [2.24, 2.45) is 0 Å². The molecule has 1 amide bonds. The summed E-state index contributed by atoms with van der Waals surface area (Å²) in [5, 5.41) is 13.2. The molecule has 2 heterocycles. The largest absolute Gasteiger partial charge is 0.479 e. The van der Waals surface area contributed by atoms with Gasteiger partial charge in [0.15, 0.2) is 6.04 Å². The zero-order valence-corrected chi connectivity index (χ0v) is 11.4. The number of thiophene rings is 1. The van der Waals surface area contributed by atoms with Crippen LogP contribution in [-0.2, 0) is 16.0 Å². The number of nitrogens with one attached hydrogen (secondary N) is 3. The van der Waals surface area contributed by atoms with Crippen LogP contribution in [-0.4, -0.2) is 27.0 Å². The van der Waals surface area contributed by atoms with Crippen molar-refractivity contribution in [3.63, 3.8) is 0 Å². The number of amides is 1. The maximum absolute atomic E-state index is 11.8. The fraction of sp³-hybridized carbons (Fsp3) is 0.167. The van der Waals surface area contributed by atoms with Crippen LogP contribution in [0.15, 0.2) is 33.2 Å². The summed E-state index contributed by atoms with van der Waals surface area (Å²) in [4.78, 5) is 50.0. The molecule has 2 rings (SSSR count). The molecule has 0 saturated carbocycles. The van der Waals surface area contributed by atoms with Crippen LogP contribution in [0.3, 0.4) is 0 Å². The van der Waals surface area contributed by atoms with E-state index < -0.39 is 29.2 Å². The molecule has 0 aliphatic heterocycles. The van der Waals surface area contributed by atoms with Gasteiger partial charge in [-0.2, -0.15) is 0 Å². The monoisotopic (exact) mass is 309 g/mol. The number of carboxylic acid groups (broad SMARTS) is 1. The molecule has 1 unspecified atom stereocenters. The average molecular weight is 309 g/mol. The number of carboxylic acids is 1. The summed E-state index contributed by atoms with van der Waals surface area (Å²) in [5.74, 6) is -1.80. The molecule has 8 nitrogen and oxygen atoms in total. The number of aromatic nitrogens is 2. The molecular weight excluding hydrogens is 298 g/mol. The first-order chi connectivity index (χ1) is 9.95. The van der Waals surface area contributed by atoms with Crippen molar-refractivity contribution >= 4 is 23.2 Å². The molecule has 4 N–H and O–H groups in total. The van der Waals surface area contributed by atoms with E-state index in [0.717, 1.165) is 6.07 Å². The highest BCUT2D eigenvalue weighted by Gasteiger charge is 2.23. The molecule has 2 aromatic heterocycles. The van der Waals surface area contributed by atoms with Crippen LogP contribution in [0.5, 0.6) is 0 Å². The molecule has 0 aliphatic carbocycles. The first kappa shape index (κ1) is 14.7. The Kier molecular flexibility index (Phi) is 4.33. The van der Waals surface area contributed by atoms with Gasteiger partial charge >= 0.3 is 11.7 Å². The predicted octanol–water partition coefficient (Wildman–Crippen LogP) is -0.391. The lowest BCUT2D eigenvalue weighted by atomic mass is 10.2. The second-order valence-corrected chi connectivity index (χ2v) is 5.12. The van der Waals surface area contributed by atoms with Gasteiger partial charge in [0, 0.05) is 16.6 Å². The molecule has 1 atom stereocenters. The van der Waals surface area contributed by atoms with Gasteiger partial charge < -0.3 is 15.4 Å². The van der Waals surface area contributed by atoms with Gasteiger partial charge in [0.1, 0.15) is 0 Å². The van der Waals surface area contributed by atoms with Crippen LogP contribution in [0, 0.1) is 0 Å². The maximum atomic E-state index is 11.8. The third-order valence-corrected chi connectivity index (χ3v) is 3.48. The van der Waals surface area contributed by atoms with Crippen LogP contribution in [0.2, 0.25) is 0 Å². The number of hydrogen-bond acceptors (Lipinski definition) is 5. The van der Waals surface area contributed by atoms with Gasteiger partial charge in [0.05, 0.1) is 6.42 Å². The first-order valence-corrected chi connectivity index (χ1v) is 6.72. The van der Waals surface area contributed by atoms with Crippen molar-refractivity contribution in [3.05, 3.63) is 55.0 Å². The third kappa shape index (κ3) is 3.89. The van der Waals surface area contributed by atoms with E-state index in [4.69, 9.17) is 5.11 Å². The van der Waals surface area contributed by atoms with E-state index in [9.17, 15) is 19.2 Å². The molecule has 0 radical (unpaired) electrons. The van der Waals surface area contributed by atoms with E-state index in [1.807, 2.05) is 4.98 Å². The van der Waals surface area contributed by atoms with E-state index in [2.05, 4.69) is 10.3 Å². The number of aliphatic carboxylic acids is 1. The summed E-state index contributed by atoms with van der Waals surface area (Å²) >= 11 is 1.20. The molecular formula is C12H11N3O5S. The van der Waals surface area contributed by atoms with Crippen LogP contribution in [0.1, 0.15) is 16.6 Å². The first-order valence-electron chi connectivity index (χ1n) is 5.84. The van der Waals surface area contributed by atoms with E-state index in [-0.39, 0.29) is 12.1 Å². The normalized spacial score (nSPS) is 11.8. The Hall–Kier alpha value is -2.68. The fourth-order valence-corrected chi connectivity index (χ4v) is 2.48. The Bertz CT molecular complexity index is 733. The van der Waals surface area contributed by atoms with Gasteiger partial charge in [-0.3, -0.25) is 14.6 Å². The Morgan fingerprint density at radius 1 is 1.33 bits per heavy atom. The Morgan fingerprint density at radius 2 is 2.10 bits per heavy atom. The second-order valence-electron chi connectivity index (χ2n) is 4.14. The van der Waals surface area contributed by atoms with Gasteiger partial charge in [0.2, 0.25) is 5.91 Å². The lowest BCUT2D eigenvalue weighted by Gasteiger charge is -2.12. The Balaban J connectivity index is 2.11. The van der Waals surface area contributed by atoms with Crippen molar-refractivity contribution in [3.8, 4) is 0 Å². The molecule has 0 bridgehead atoms. The summed E-state index contributed by atoms with van der Waals surface area (Å²) in [6.07, 6.45) is -0.297. The highest BCUT2D eigenvalue weighted by atomic mass is 32.1. The van der Waals surface area contributed by atoms with Crippen molar-refractivity contribution < 1.29 is 14.7 Å². The van der Waals surface area contributed by atoms with E-state index in [1.54, 1.807) is 17.5 Å². The molecule has 0 fully saturated rings. The van der Waals surface area contributed by atoms with Crippen molar-refractivity contribution in [1.82, 2.24) is 15.3 Å². The second kappa shape index (κ2) is 6.18. The van der Waals surface area contributed by atoms with Crippen molar-refractivity contribution in [2.45, 2.75) is 12.5 Å². The Morgan fingerprint density at radius 3 is 2.67 bits per heavy atom. The number of H-pyrrole nitrogens is 2. The lowest BCUT2D eigenvalue weighted by molar-refractivity contribution is -0.141. The van der Waals surface area contributed by atoms with Gasteiger partial charge in [-0.05, 0) is 11.4 Å². The molecule has 0 saturated heterocycles. The number of carbonyl (C=O) groups excluding carboxylic acids is 1. The number of rotatable bonds is 5. The zero-order valence-electron chi connectivity index (χ0n) is 10.6. The van der Waals surface area contributed by atoms with Gasteiger partial charge in [-0.1, -0.05) is 6.07 Å². The molecule has 21 heavy (non-hydrogen) atoms. The number of carbonyl (C=O) groups is 2. The van der Waals surface area contributed by atoms with E-state index in [0.29, 0.717) is 4.88 Å². The van der Waals surface area contributed by atoms with Crippen LogP contribution >= 0.6 is 11.3 Å². The minimum absolute atomic E-state index is 0.108. The molecule has 2 aromatic rings. The number of aromatic amines is 2. The quantitative estimate of drug-likeness (QED) is 0.597. The Labute approximate surface area is 121 Å². The van der Waals surface area contributed by atoms with Gasteiger partial charge in [-0.25, -0.2) is 9.59 Å². The predicted molar refractivity (Wildman–Crippen MR) is 74.2 cm³/mol. The molecule has 9 heteroatoms. The molecule has 0 aromatic carbocycles. The van der Waals surface area contributed by atoms with Gasteiger partial charge in [0.25, 0.3) is 5.56 Å². The summed E-state index contributed by atoms with van der Waals surface area (Å²) in [6, 6.07) is 3.18. The average Bonchev–Trinajstić information content (AvgIpc) is 2.87. The van der Waals surface area contributed by atoms with Gasteiger partial charge in [-0.15, -0.1) is 11.3 Å². The van der Waals surface area contributed by atoms with Crippen molar-refractivity contribution in [2.75, 3.05) is 0 Å². The van der Waals surface area contributed by atoms with Crippen molar-refractivity contribution in [1.29, 1.82) is 0 Å². The van der Waals surface area contributed by atoms with Crippen LogP contribution in [0.4, 0.5) is 0 Å². The zero-order chi connectivity index (χ0) is 15.4. The minimum atomic E-state index is -1.19.